The summed E-state index contributed by atoms with van der Waals surface area (Å²) in [7, 11) is 0. The van der Waals surface area contributed by atoms with Crippen LogP contribution in [0.1, 0.15) is 19.4 Å². The van der Waals surface area contributed by atoms with E-state index in [1.165, 1.54) is 46.6 Å². The number of para-hydroxylation sites is 2. The number of fused-ring (bicyclic) bond motifs is 2. The molecule has 4 nitrogen and oxygen atoms in total. The third-order valence-corrected chi connectivity index (χ3v) is 9.71. The average Bonchev–Trinajstić information content (AvgIpc) is 3.91. The number of aryl methyl sites for hydroxylation is 2. The van der Waals surface area contributed by atoms with Crippen LogP contribution in [-0.4, -0.2) is 14.5 Å². The van der Waals surface area contributed by atoms with E-state index in [0.717, 1.165) is 50.2 Å². The zero-order chi connectivity index (χ0) is 42.8. The van der Waals surface area contributed by atoms with Crippen molar-refractivity contribution in [1.82, 2.24) is 14.5 Å². The molecular formula is C52H37IrN3O-2. The second kappa shape index (κ2) is 16.6. The fourth-order valence-corrected chi connectivity index (χ4v) is 6.83. The van der Waals surface area contributed by atoms with Crippen LogP contribution in [0.15, 0.2) is 193 Å². The summed E-state index contributed by atoms with van der Waals surface area (Å²) in [6.45, 7) is -4.34. The number of nitrogens with zero attached hydrogens (tertiary/aromatic N) is 3. The molecule has 0 amide bonds. The van der Waals surface area contributed by atoms with Crippen molar-refractivity contribution in [2.75, 3.05) is 0 Å². The Morgan fingerprint density at radius 2 is 1.18 bits per heavy atom. The van der Waals surface area contributed by atoms with Gasteiger partial charge in [0.15, 0.2) is 0 Å². The van der Waals surface area contributed by atoms with Gasteiger partial charge < -0.3 is 14.0 Å². The molecule has 10 rings (SSSR count). The van der Waals surface area contributed by atoms with Crippen LogP contribution in [0.25, 0.3) is 83.7 Å². The summed E-state index contributed by atoms with van der Waals surface area (Å²) in [4.78, 5) is 9.16. The van der Waals surface area contributed by atoms with E-state index in [9.17, 15) is 0 Å². The summed E-state index contributed by atoms with van der Waals surface area (Å²) in [5.74, 6) is 0.805. The first kappa shape index (κ1) is 30.6. The molecule has 0 aliphatic rings. The minimum atomic E-state index is -2.18. The predicted octanol–water partition coefficient (Wildman–Crippen LogP) is 13.4. The van der Waals surface area contributed by atoms with Gasteiger partial charge in [0.05, 0.1) is 16.9 Å². The second-order valence-electron chi connectivity index (χ2n) is 13.3. The normalized spacial score (nSPS) is 12.8. The van der Waals surface area contributed by atoms with E-state index in [4.69, 9.17) is 17.6 Å². The Labute approximate surface area is 354 Å². The largest absolute Gasteiger partial charge is 0.557 e. The number of imidazole rings is 1. The molecule has 57 heavy (non-hydrogen) atoms. The molecule has 0 aliphatic heterocycles. The zero-order valence-corrected chi connectivity index (χ0v) is 32.9. The molecule has 0 saturated heterocycles. The summed E-state index contributed by atoms with van der Waals surface area (Å²) >= 11 is 0. The molecule has 0 saturated carbocycles. The van der Waals surface area contributed by atoms with Crippen molar-refractivity contribution in [2.45, 2.75) is 13.7 Å². The number of furan rings is 1. The standard InChI is InChI=1S/C39H25N2O.C13H12N.Ir/c1-3-9-27(10-4-1)29-15-17-31(18-16-29)32-21-24-38-34(25-32)35(26-42-38)39-40-36-13-7-8-14-37(36)41(39)33-22-19-30(20-23-33)28-11-5-2-6-12-28;1-10-3-6-12(7-4-10)13-8-5-11(2)9-14-13;/h1-25H;3-6,8-9H,1-2H3;/q2*-1;/i;1D3,2D3;. The molecule has 3 heterocycles. The second-order valence-corrected chi connectivity index (χ2v) is 13.3. The van der Waals surface area contributed by atoms with Gasteiger partial charge in [0, 0.05) is 52.1 Å². The summed E-state index contributed by atoms with van der Waals surface area (Å²) < 4.78 is 51.8. The first-order chi connectivity index (χ1) is 30.0. The van der Waals surface area contributed by atoms with Crippen molar-refractivity contribution in [3.8, 4) is 61.7 Å². The van der Waals surface area contributed by atoms with Crippen LogP contribution in [0, 0.1) is 26.0 Å². The van der Waals surface area contributed by atoms with Crippen LogP contribution >= 0.6 is 0 Å². The first-order valence-electron chi connectivity index (χ1n) is 21.2. The van der Waals surface area contributed by atoms with Gasteiger partial charge in [-0.1, -0.05) is 157 Å². The predicted molar refractivity (Wildman–Crippen MR) is 229 cm³/mol. The molecule has 5 heteroatoms. The number of aromatic nitrogens is 3. The van der Waals surface area contributed by atoms with Gasteiger partial charge in [-0.05, 0) is 75.8 Å². The summed E-state index contributed by atoms with van der Waals surface area (Å²) in [5.41, 5.74) is 13.2. The van der Waals surface area contributed by atoms with Crippen molar-refractivity contribution in [3.63, 3.8) is 0 Å². The fraction of sp³-hybridized carbons (Fsp3) is 0.0385. The monoisotopic (exact) mass is 918 g/mol. The van der Waals surface area contributed by atoms with Gasteiger partial charge in [-0.3, -0.25) is 4.98 Å². The average molecular weight is 918 g/mol. The van der Waals surface area contributed by atoms with Crippen LogP contribution in [0.5, 0.6) is 0 Å². The molecule has 7 aromatic carbocycles. The van der Waals surface area contributed by atoms with Crippen molar-refractivity contribution >= 4 is 22.0 Å². The number of pyridine rings is 1. The summed E-state index contributed by atoms with van der Waals surface area (Å²) in [6, 6.07) is 63.2. The van der Waals surface area contributed by atoms with Gasteiger partial charge in [-0.25, -0.2) is 0 Å². The molecule has 0 bridgehead atoms. The molecule has 0 fully saturated rings. The molecule has 0 N–H and O–H groups in total. The zero-order valence-electron chi connectivity index (χ0n) is 36.5. The molecule has 10 aromatic rings. The smallest absolute Gasteiger partial charge is 0.0774 e. The third-order valence-electron chi connectivity index (χ3n) is 9.71. The number of hydrogen-bond donors (Lipinski definition) is 0. The number of rotatable bonds is 6. The quantitative estimate of drug-likeness (QED) is 0.156. The van der Waals surface area contributed by atoms with E-state index in [0.29, 0.717) is 11.3 Å². The maximum atomic E-state index is 7.28. The molecule has 0 spiro atoms. The Kier molecular flexibility index (Phi) is 8.90. The van der Waals surface area contributed by atoms with E-state index in [1.54, 1.807) is 12.1 Å². The van der Waals surface area contributed by atoms with Crippen LogP contribution < -0.4 is 0 Å². The van der Waals surface area contributed by atoms with E-state index in [2.05, 4.69) is 149 Å². The van der Waals surface area contributed by atoms with Gasteiger partial charge in [0.25, 0.3) is 0 Å². The third kappa shape index (κ3) is 7.90. The molecule has 3 aromatic heterocycles. The van der Waals surface area contributed by atoms with Crippen molar-refractivity contribution in [3.05, 3.63) is 212 Å². The van der Waals surface area contributed by atoms with Gasteiger partial charge in [-0.15, -0.1) is 35.4 Å². The van der Waals surface area contributed by atoms with E-state index in [-0.39, 0.29) is 31.2 Å². The van der Waals surface area contributed by atoms with Crippen LogP contribution in [0.2, 0.25) is 0 Å². The van der Waals surface area contributed by atoms with Crippen molar-refractivity contribution in [1.29, 1.82) is 0 Å². The number of hydrogen-bond acceptors (Lipinski definition) is 3. The van der Waals surface area contributed by atoms with E-state index < -0.39 is 13.7 Å². The molecule has 0 unspecified atom stereocenters. The topological polar surface area (TPSA) is 43.9 Å². The van der Waals surface area contributed by atoms with Gasteiger partial charge in [0.1, 0.15) is 0 Å². The van der Waals surface area contributed by atoms with Crippen LogP contribution in [0.4, 0.5) is 0 Å². The Morgan fingerprint density at radius 3 is 1.81 bits per heavy atom. The molecule has 277 valence electrons. The van der Waals surface area contributed by atoms with Crippen molar-refractivity contribution in [2.24, 2.45) is 0 Å². The Hall–Kier alpha value is -6.65. The van der Waals surface area contributed by atoms with Crippen LogP contribution in [0.3, 0.4) is 0 Å². The van der Waals surface area contributed by atoms with E-state index in [1.807, 2.05) is 24.3 Å². The maximum absolute atomic E-state index is 7.28. The SMILES string of the molecule is [2H]C([2H])([2H])c1c[c-]c(-c2ccc(C([2H])([2H])[2H])cn2)cc1.[Ir].[c-]1oc2ccc(-c3ccc(-c4ccccc4)cc3)cc2c1-c1nc2ccccc2n1-c1ccc(-c2ccccc2)cc1. The Morgan fingerprint density at radius 1 is 0.579 bits per heavy atom. The molecular weight excluding hydrogens is 875 g/mol. The summed E-state index contributed by atoms with van der Waals surface area (Å²) in [6.07, 6.45) is 4.49. The molecule has 0 aliphatic carbocycles. The molecule has 1 radical (unpaired) electrons. The first-order valence-corrected chi connectivity index (χ1v) is 18.2. The Balaban J connectivity index is 0.000000219. The fourth-order valence-electron chi connectivity index (χ4n) is 6.83. The van der Waals surface area contributed by atoms with Crippen molar-refractivity contribution < 1.29 is 32.7 Å². The minimum Gasteiger partial charge on any atom is -0.557 e. The van der Waals surface area contributed by atoms with Crippen LogP contribution in [-0.2, 0) is 20.1 Å². The minimum absolute atomic E-state index is 0. The molecule has 0 atom stereocenters. The number of benzene rings is 7. The van der Waals surface area contributed by atoms with Gasteiger partial charge in [0.2, 0.25) is 0 Å². The van der Waals surface area contributed by atoms with E-state index >= 15 is 0 Å². The van der Waals surface area contributed by atoms with Gasteiger partial charge >= 0.3 is 0 Å². The Bertz CT molecular complexity index is 3050. The van der Waals surface area contributed by atoms with Gasteiger partial charge in [-0.2, -0.15) is 0 Å². The maximum Gasteiger partial charge on any atom is 0.0774 e. The summed E-state index contributed by atoms with van der Waals surface area (Å²) in [5, 5.41) is 0.983.